The first-order valence-electron chi connectivity index (χ1n) is 5.15. The molecule has 0 aromatic heterocycles. The second-order valence-electron chi connectivity index (χ2n) is 3.13. The topological polar surface area (TPSA) is 117 Å². The second-order valence-corrected chi connectivity index (χ2v) is 4.10. The van der Waals surface area contributed by atoms with Crippen LogP contribution in [0, 0.1) is 0 Å². The summed E-state index contributed by atoms with van der Waals surface area (Å²) < 4.78 is 20.6. The lowest BCUT2D eigenvalue weighted by Crippen LogP contribution is -2.19. The number of carbonyl (C=O) groups excluding carboxylic acids is 2. The molecule has 0 aromatic carbocycles. The van der Waals surface area contributed by atoms with Crippen molar-refractivity contribution in [1.29, 1.82) is 0 Å². The molecular formula is C8H16N2O7P+. The molecule has 0 radical (unpaired) electrons. The molecule has 0 heterocycles. The summed E-state index contributed by atoms with van der Waals surface area (Å²) >= 11 is 0. The highest BCUT2D eigenvalue weighted by molar-refractivity contribution is 7.33. The van der Waals surface area contributed by atoms with E-state index in [0.29, 0.717) is 23.0 Å². The van der Waals surface area contributed by atoms with E-state index in [9.17, 15) is 14.2 Å². The van der Waals surface area contributed by atoms with Gasteiger partial charge in [-0.05, 0) is 12.8 Å². The molecule has 0 unspecified atom stereocenters. The average molecular weight is 283 g/mol. The number of nitrogens with zero attached hydrogens (tertiary/aromatic N) is 2. The van der Waals surface area contributed by atoms with Crippen LogP contribution in [-0.4, -0.2) is 59.7 Å². The van der Waals surface area contributed by atoms with Gasteiger partial charge in [-0.15, -0.1) is 9.05 Å². The summed E-state index contributed by atoms with van der Waals surface area (Å²) in [5.41, 5.74) is 0. The molecule has 0 atom stereocenters. The molecule has 9 nitrogen and oxygen atoms in total. The van der Waals surface area contributed by atoms with Crippen LogP contribution in [0.4, 0.5) is 0 Å². The van der Waals surface area contributed by atoms with Crippen molar-refractivity contribution in [3.63, 3.8) is 0 Å². The van der Waals surface area contributed by atoms with Crippen LogP contribution in [0.25, 0.3) is 0 Å². The summed E-state index contributed by atoms with van der Waals surface area (Å²) in [6.45, 7) is 0.290. The normalized spacial score (nSPS) is 9.89. The fraction of sp³-hybridized carbons (Fsp3) is 0.750. The SMILES string of the molecule is O=CN(O)CCCO[P+](=O)OCCCN(O)C=O. The third-order valence-corrected chi connectivity index (χ3v) is 2.49. The van der Waals surface area contributed by atoms with Crippen molar-refractivity contribution in [2.45, 2.75) is 12.8 Å². The molecule has 2 amide bonds. The van der Waals surface area contributed by atoms with Crippen LogP contribution < -0.4 is 0 Å². The van der Waals surface area contributed by atoms with Gasteiger partial charge in [0.1, 0.15) is 13.2 Å². The summed E-state index contributed by atoms with van der Waals surface area (Å²) in [5, 5.41) is 18.3. The molecular weight excluding hydrogens is 267 g/mol. The summed E-state index contributed by atoms with van der Waals surface area (Å²) in [5.74, 6) is 0. The fourth-order valence-corrected chi connectivity index (χ4v) is 1.50. The Morgan fingerprint density at radius 2 is 1.33 bits per heavy atom. The molecule has 0 aromatic rings. The van der Waals surface area contributed by atoms with E-state index in [1.807, 2.05) is 0 Å². The second kappa shape index (κ2) is 11.0. The van der Waals surface area contributed by atoms with Gasteiger partial charge < -0.3 is 0 Å². The molecule has 0 rings (SSSR count). The third kappa shape index (κ3) is 10.1. The molecule has 0 saturated carbocycles. The molecule has 18 heavy (non-hydrogen) atoms. The molecule has 0 aliphatic rings. The summed E-state index contributed by atoms with van der Waals surface area (Å²) in [4.78, 5) is 20.0. The number of carbonyl (C=O) groups is 2. The Hall–Kier alpha value is -1.12. The highest BCUT2D eigenvalue weighted by atomic mass is 31.1. The van der Waals surface area contributed by atoms with E-state index in [0.717, 1.165) is 0 Å². The molecule has 0 fully saturated rings. The maximum atomic E-state index is 11.1. The Balaban J connectivity index is 3.37. The standard InChI is InChI=1S/C8H16N2O7P/c11-7-9(13)3-1-5-16-18(15)17-6-2-4-10(14)8-12/h7-8,13-14H,1-6H2/q+1. The zero-order valence-corrected chi connectivity index (χ0v) is 10.6. The van der Waals surface area contributed by atoms with Gasteiger partial charge in [-0.25, -0.2) is 10.1 Å². The minimum Gasteiger partial charge on any atom is -0.286 e. The Morgan fingerprint density at radius 3 is 1.67 bits per heavy atom. The van der Waals surface area contributed by atoms with Crippen molar-refractivity contribution >= 4 is 21.1 Å². The third-order valence-electron chi connectivity index (χ3n) is 1.70. The van der Waals surface area contributed by atoms with Gasteiger partial charge in [0, 0.05) is 4.57 Å². The fourth-order valence-electron chi connectivity index (χ4n) is 0.874. The van der Waals surface area contributed by atoms with Crippen molar-refractivity contribution < 1.29 is 33.6 Å². The van der Waals surface area contributed by atoms with Crippen molar-refractivity contribution in [1.82, 2.24) is 10.1 Å². The van der Waals surface area contributed by atoms with Gasteiger partial charge in [0.15, 0.2) is 0 Å². The van der Waals surface area contributed by atoms with E-state index in [2.05, 4.69) is 0 Å². The van der Waals surface area contributed by atoms with Gasteiger partial charge in [0.05, 0.1) is 13.1 Å². The van der Waals surface area contributed by atoms with Gasteiger partial charge in [0.2, 0.25) is 12.8 Å². The van der Waals surface area contributed by atoms with Crippen LogP contribution in [0.1, 0.15) is 12.8 Å². The number of rotatable bonds is 12. The summed E-state index contributed by atoms with van der Waals surface area (Å²) in [7, 11) is -2.28. The van der Waals surface area contributed by atoms with Crippen LogP contribution in [0.3, 0.4) is 0 Å². The average Bonchev–Trinajstić information content (AvgIpc) is 2.38. The quantitative estimate of drug-likeness (QED) is 0.172. The Morgan fingerprint density at radius 1 is 0.944 bits per heavy atom. The predicted molar refractivity (Wildman–Crippen MR) is 57.9 cm³/mol. The lowest BCUT2D eigenvalue weighted by molar-refractivity contribution is -0.150. The molecule has 0 saturated heterocycles. The molecule has 2 N–H and O–H groups in total. The van der Waals surface area contributed by atoms with Crippen molar-refractivity contribution in [2.75, 3.05) is 26.3 Å². The summed E-state index contributed by atoms with van der Waals surface area (Å²) in [6.07, 6.45) is 1.14. The van der Waals surface area contributed by atoms with E-state index in [1.165, 1.54) is 0 Å². The summed E-state index contributed by atoms with van der Waals surface area (Å²) in [6, 6.07) is 0. The number of hydroxylamine groups is 4. The molecule has 0 spiro atoms. The molecule has 0 aliphatic heterocycles. The maximum Gasteiger partial charge on any atom is 0.697 e. The van der Waals surface area contributed by atoms with Gasteiger partial charge >= 0.3 is 8.25 Å². The lowest BCUT2D eigenvalue weighted by atomic mass is 10.4. The van der Waals surface area contributed by atoms with E-state index in [-0.39, 0.29) is 39.1 Å². The van der Waals surface area contributed by atoms with Gasteiger partial charge in [-0.1, -0.05) is 0 Å². The monoisotopic (exact) mass is 283 g/mol. The Bertz CT molecular complexity index is 242. The van der Waals surface area contributed by atoms with Crippen LogP contribution in [0.5, 0.6) is 0 Å². The maximum absolute atomic E-state index is 11.1. The number of hydrogen-bond donors (Lipinski definition) is 2. The molecule has 0 aliphatic carbocycles. The van der Waals surface area contributed by atoms with Crippen LogP contribution >= 0.6 is 8.25 Å². The number of amides is 2. The highest BCUT2D eigenvalue weighted by Gasteiger charge is 2.19. The van der Waals surface area contributed by atoms with Crippen LogP contribution in [0.15, 0.2) is 0 Å². The molecule has 104 valence electrons. The minimum absolute atomic E-state index is 0.0700. The predicted octanol–water partition coefficient (Wildman–Crippen LogP) is 0.152. The zero-order chi connectivity index (χ0) is 13.8. The van der Waals surface area contributed by atoms with Gasteiger partial charge in [-0.2, -0.15) is 0 Å². The minimum atomic E-state index is -2.28. The van der Waals surface area contributed by atoms with Crippen molar-refractivity contribution in [3.05, 3.63) is 0 Å². The Kier molecular flexibility index (Phi) is 10.3. The lowest BCUT2D eigenvalue weighted by Gasteiger charge is -2.05. The molecule has 10 heteroatoms. The van der Waals surface area contributed by atoms with E-state index in [1.54, 1.807) is 0 Å². The smallest absolute Gasteiger partial charge is 0.286 e. The molecule has 0 bridgehead atoms. The largest absolute Gasteiger partial charge is 0.697 e. The van der Waals surface area contributed by atoms with Crippen molar-refractivity contribution in [2.24, 2.45) is 0 Å². The zero-order valence-electron chi connectivity index (χ0n) is 9.67. The Labute approximate surface area is 105 Å². The van der Waals surface area contributed by atoms with E-state index < -0.39 is 8.25 Å². The van der Waals surface area contributed by atoms with E-state index in [4.69, 9.17) is 19.5 Å². The van der Waals surface area contributed by atoms with Crippen LogP contribution in [0.2, 0.25) is 0 Å². The first-order chi connectivity index (χ1) is 8.60. The van der Waals surface area contributed by atoms with Crippen LogP contribution in [-0.2, 0) is 23.2 Å². The highest BCUT2D eigenvalue weighted by Crippen LogP contribution is 2.23. The number of hydrogen-bond acceptors (Lipinski definition) is 7. The van der Waals surface area contributed by atoms with Crippen molar-refractivity contribution in [3.8, 4) is 0 Å². The first-order valence-corrected chi connectivity index (χ1v) is 6.24. The first kappa shape index (κ1) is 16.9. The van der Waals surface area contributed by atoms with Gasteiger partial charge in [-0.3, -0.25) is 20.0 Å². The van der Waals surface area contributed by atoms with E-state index >= 15 is 0 Å². The van der Waals surface area contributed by atoms with Gasteiger partial charge in [0.25, 0.3) is 0 Å².